The normalized spacial score (nSPS) is 14.9. The van der Waals surface area contributed by atoms with Gasteiger partial charge in [0.05, 0.1) is 18.8 Å². The summed E-state index contributed by atoms with van der Waals surface area (Å²) >= 11 is 0. The van der Waals surface area contributed by atoms with Crippen molar-refractivity contribution in [3.63, 3.8) is 0 Å². The number of hydrogen-bond acceptors (Lipinski definition) is 6. The molecule has 0 rings (SSSR count). The maximum absolute atomic E-state index is 11.7. The summed E-state index contributed by atoms with van der Waals surface area (Å²) in [6.07, 6.45) is -0.504. The molecule has 1 unspecified atom stereocenters. The van der Waals surface area contributed by atoms with Gasteiger partial charge >= 0.3 is 5.97 Å². The molecule has 0 saturated carbocycles. The third-order valence-electron chi connectivity index (χ3n) is 2.55. The second-order valence-corrected chi connectivity index (χ2v) is 3.94. The fourth-order valence-corrected chi connectivity index (χ4v) is 1.22. The number of rotatable bonds is 8. The number of ether oxygens (including phenoxy) is 2. The SMILES string of the molecule is [B]C(CCC(=O)C=N)(NC(=O)[C@H](C)OC)C(=O)OC. The maximum atomic E-state index is 11.7. The highest BCUT2D eigenvalue weighted by Crippen LogP contribution is 2.12. The van der Waals surface area contributed by atoms with E-state index in [0.29, 0.717) is 6.21 Å². The minimum Gasteiger partial charge on any atom is -0.468 e. The van der Waals surface area contributed by atoms with Crippen molar-refractivity contribution in [1.29, 1.82) is 5.41 Å². The average Bonchev–Trinajstić information content (AvgIpc) is 2.42. The summed E-state index contributed by atoms with van der Waals surface area (Å²) < 4.78 is 9.30. The molecular weight excluding hydrogens is 251 g/mol. The van der Waals surface area contributed by atoms with Crippen LogP contribution in [-0.4, -0.2) is 57.5 Å². The van der Waals surface area contributed by atoms with Crippen LogP contribution in [0.15, 0.2) is 0 Å². The molecule has 0 aliphatic rings. The Morgan fingerprint density at radius 3 is 2.42 bits per heavy atom. The Morgan fingerprint density at radius 1 is 1.42 bits per heavy atom. The number of hydrogen-bond donors (Lipinski definition) is 2. The van der Waals surface area contributed by atoms with Crippen LogP contribution >= 0.6 is 0 Å². The van der Waals surface area contributed by atoms with Crippen LogP contribution < -0.4 is 5.32 Å². The van der Waals surface area contributed by atoms with E-state index in [1.807, 2.05) is 0 Å². The second kappa shape index (κ2) is 7.68. The fraction of sp³-hybridized carbons (Fsp3) is 0.636. The topological polar surface area (TPSA) is 106 Å². The van der Waals surface area contributed by atoms with Crippen LogP contribution in [0.5, 0.6) is 0 Å². The zero-order valence-corrected chi connectivity index (χ0v) is 11.2. The van der Waals surface area contributed by atoms with E-state index < -0.39 is 29.2 Å². The summed E-state index contributed by atoms with van der Waals surface area (Å²) in [6, 6.07) is 0. The Labute approximate surface area is 112 Å². The van der Waals surface area contributed by atoms with Gasteiger partial charge in [0.15, 0.2) is 5.78 Å². The van der Waals surface area contributed by atoms with Crippen molar-refractivity contribution in [3.8, 4) is 0 Å². The number of ketones is 1. The maximum Gasteiger partial charge on any atom is 0.321 e. The molecule has 19 heavy (non-hydrogen) atoms. The molecule has 2 atom stereocenters. The van der Waals surface area contributed by atoms with Crippen molar-refractivity contribution in [2.24, 2.45) is 0 Å². The molecule has 0 bridgehead atoms. The van der Waals surface area contributed by atoms with Crippen LogP contribution in [0.1, 0.15) is 19.8 Å². The summed E-state index contributed by atoms with van der Waals surface area (Å²) in [5.41, 5.74) is -1.82. The molecule has 2 radical (unpaired) electrons. The Hall–Kier alpha value is -1.70. The lowest BCUT2D eigenvalue weighted by atomic mass is 9.73. The second-order valence-electron chi connectivity index (χ2n) is 3.94. The van der Waals surface area contributed by atoms with Crippen molar-refractivity contribution in [2.75, 3.05) is 14.2 Å². The number of Topliss-reactive ketones (excluding diaryl/α,β-unsaturated/α-hetero) is 1. The van der Waals surface area contributed by atoms with E-state index >= 15 is 0 Å². The summed E-state index contributed by atoms with van der Waals surface area (Å²) in [5, 5.41) is 9.06. The molecule has 0 aromatic heterocycles. The molecule has 0 aliphatic heterocycles. The molecule has 0 spiro atoms. The molecule has 0 aliphatic carbocycles. The van der Waals surface area contributed by atoms with E-state index in [0.717, 1.165) is 7.11 Å². The van der Waals surface area contributed by atoms with Gasteiger partial charge in [-0.25, -0.2) is 0 Å². The molecular formula is C11H17BN2O5. The molecule has 8 heteroatoms. The number of esters is 1. The van der Waals surface area contributed by atoms with Crippen molar-refractivity contribution in [1.82, 2.24) is 5.32 Å². The van der Waals surface area contributed by atoms with Crippen LogP contribution in [-0.2, 0) is 23.9 Å². The number of methoxy groups -OCH3 is 2. The van der Waals surface area contributed by atoms with E-state index in [-0.39, 0.29) is 12.8 Å². The van der Waals surface area contributed by atoms with Crippen molar-refractivity contribution < 1.29 is 23.9 Å². The zero-order chi connectivity index (χ0) is 15.1. The van der Waals surface area contributed by atoms with Crippen LogP contribution in [0.2, 0.25) is 0 Å². The number of carbonyl (C=O) groups is 3. The molecule has 0 aromatic rings. The lowest BCUT2D eigenvalue weighted by Gasteiger charge is -2.29. The number of nitrogens with one attached hydrogen (secondary N) is 2. The third kappa shape index (κ3) is 5.21. The first kappa shape index (κ1) is 17.3. The van der Waals surface area contributed by atoms with Gasteiger partial charge in [-0.2, -0.15) is 0 Å². The van der Waals surface area contributed by atoms with Gasteiger partial charge in [0, 0.05) is 13.5 Å². The van der Waals surface area contributed by atoms with Crippen LogP contribution in [0.25, 0.3) is 0 Å². The van der Waals surface area contributed by atoms with Gasteiger partial charge in [-0.15, -0.1) is 0 Å². The molecule has 7 nitrogen and oxygen atoms in total. The minimum atomic E-state index is -1.82. The highest BCUT2D eigenvalue weighted by atomic mass is 16.5. The van der Waals surface area contributed by atoms with Gasteiger partial charge in [-0.1, -0.05) is 0 Å². The molecule has 0 aromatic carbocycles. The van der Waals surface area contributed by atoms with Gasteiger partial charge in [-0.05, 0) is 13.3 Å². The Morgan fingerprint density at radius 2 is 2.00 bits per heavy atom. The molecule has 0 heterocycles. The van der Waals surface area contributed by atoms with E-state index in [1.165, 1.54) is 14.0 Å². The quantitative estimate of drug-likeness (QED) is 0.339. The predicted molar refractivity (Wildman–Crippen MR) is 68.1 cm³/mol. The Kier molecular flexibility index (Phi) is 6.99. The Bertz CT molecular complexity index is 374. The van der Waals surface area contributed by atoms with Gasteiger partial charge in [0.1, 0.15) is 14.0 Å². The highest BCUT2D eigenvalue weighted by Gasteiger charge is 2.36. The third-order valence-corrected chi connectivity index (χ3v) is 2.55. The molecule has 0 fully saturated rings. The van der Waals surface area contributed by atoms with Crippen molar-refractivity contribution in [2.45, 2.75) is 31.3 Å². The van der Waals surface area contributed by atoms with Crippen LogP contribution in [0, 0.1) is 5.41 Å². The van der Waals surface area contributed by atoms with E-state index in [1.54, 1.807) is 0 Å². The van der Waals surface area contributed by atoms with Crippen molar-refractivity contribution in [3.05, 3.63) is 0 Å². The van der Waals surface area contributed by atoms with Gasteiger partial charge in [0.25, 0.3) is 0 Å². The zero-order valence-electron chi connectivity index (χ0n) is 11.2. The Balaban J connectivity index is 4.87. The largest absolute Gasteiger partial charge is 0.468 e. The molecule has 2 N–H and O–H groups in total. The number of amides is 1. The first-order chi connectivity index (χ1) is 8.80. The standard InChI is InChI=1S/C11H17BN2O5/c1-7(18-2)9(16)14-11(12,10(17)19-3)5-4-8(15)6-13/h6-7,13H,4-5H2,1-3H3,(H,14,16)/t7-,11?/m0/s1. The first-order valence-corrected chi connectivity index (χ1v) is 5.56. The van der Waals surface area contributed by atoms with Gasteiger partial charge in [-0.3, -0.25) is 14.4 Å². The van der Waals surface area contributed by atoms with Gasteiger partial charge in [0.2, 0.25) is 5.91 Å². The highest BCUT2D eigenvalue weighted by molar-refractivity contribution is 6.30. The summed E-state index contributed by atoms with van der Waals surface area (Å²) in [7, 11) is 8.21. The lowest BCUT2D eigenvalue weighted by Crippen LogP contribution is -2.58. The summed E-state index contributed by atoms with van der Waals surface area (Å²) in [4.78, 5) is 34.3. The van der Waals surface area contributed by atoms with Crippen LogP contribution in [0.4, 0.5) is 0 Å². The van der Waals surface area contributed by atoms with E-state index in [2.05, 4.69) is 10.1 Å². The van der Waals surface area contributed by atoms with Crippen LogP contribution in [0.3, 0.4) is 0 Å². The summed E-state index contributed by atoms with van der Waals surface area (Å²) in [6.45, 7) is 1.48. The predicted octanol–water partition coefficient (Wildman–Crippen LogP) is -0.826. The first-order valence-electron chi connectivity index (χ1n) is 5.56. The fourth-order valence-electron chi connectivity index (χ4n) is 1.22. The molecule has 1 amide bonds. The van der Waals surface area contributed by atoms with Crippen molar-refractivity contribution >= 4 is 31.7 Å². The lowest BCUT2D eigenvalue weighted by molar-refractivity contribution is -0.148. The van der Waals surface area contributed by atoms with E-state index in [9.17, 15) is 14.4 Å². The monoisotopic (exact) mass is 268 g/mol. The molecule has 0 saturated heterocycles. The van der Waals surface area contributed by atoms with E-state index in [4.69, 9.17) is 18.0 Å². The molecule has 104 valence electrons. The minimum absolute atomic E-state index is 0.156. The van der Waals surface area contributed by atoms with Gasteiger partial charge < -0.3 is 20.2 Å². The number of carbonyl (C=O) groups excluding carboxylic acids is 3. The summed E-state index contributed by atoms with van der Waals surface area (Å²) in [5.74, 6) is -1.98. The average molecular weight is 268 g/mol. The smallest absolute Gasteiger partial charge is 0.321 e.